The van der Waals surface area contributed by atoms with E-state index in [0.29, 0.717) is 13.0 Å². The smallest absolute Gasteiger partial charge is 0.167 e. The van der Waals surface area contributed by atoms with Gasteiger partial charge in [-0.05, 0) is 48.4 Å². The number of carbonyl (C=O) groups excluding carboxylic acids is 1. The minimum atomic E-state index is -1.19. The Morgan fingerprint density at radius 2 is 1.55 bits per heavy atom. The van der Waals surface area contributed by atoms with Crippen LogP contribution in [-0.4, -0.2) is 61.9 Å². The quantitative estimate of drug-likeness (QED) is 0.299. The highest BCUT2D eigenvalue weighted by molar-refractivity contribution is 5.96. The van der Waals surface area contributed by atoms with Crippen molar-refractivity contribution in [3.05, 3.63) is 71.8 Å². The largest absolute Gasteiger partial charge is 1.00 e. The van der Waals surface area contributed by atoms with Gasteiger partial charge in [-0.25, -0.2) is 0 Å². The highest BCUT2D eigenvalue weighted by atomic mass is 127. The van der Waals surface area contributed by atoms with Crippen LogP contribution in [0.5, 0.6) is 11.5 Å². The molecule has 0 radical (unpaired) electrons. The zero-order valence-electron chi connectivity index (χ0n) is 19.8. The Morgan fingerprint density at radius 1 is 1.03 bits per heavy atom. The first-order valence-corrected chi connectivity index (χ1v) is 11.1. The second kappa shape index (κ2) is 11.8. The standard InChI is InChI=1S/C27H34NO4.HI/c1-5-28(2)19-18-27(30,17-16-22-8-13-24(32-4)14-9-22)25(20-28)26(29)15-10-21-6-11-23(31-3)12-7-21;/h6-17,25,30H,5,18-20H2,1-4H3;1H/q+1;/p-1/b15-10+,17-16+;. The number of nitrogens with zero attached hydrogens (tertiary/aromatic N) is 1. The average Bonchev–Trinajstić information content (AvgIpc) is 2.83. The molecule has 5 nitrogen and oxygen atoms in total. The van der Waals surface area contributed by atoms with Crippen molar-refractivity contribution in [1.29, 1.82) is 0 Å². The summed E-state index contributed by atoms with van der Waals surface area (Å²) in [6.07, 6.45) is 7.65. The van der Waals surface area contributed by atoms with Crippen molar-refractivity contribution in [2.24, 2.45) is 5.92 Å². The first kappa shape index (κ1) is 27.1. The molecule has 2 aromatic rings. The van der Waals surface area contributed by atoms with Crippen LogP contribution in [0, 0.1) is 5.92 Å². The Kier molecular flexibility index (Phi) is 9.70. The Morgan fingerprint density at radius 3 is 2.03 bits per heavy atom. The molecule has 2 aromatic carbocycles. The number of methoxy groups -OCH3 is 2. The lowest BCUT2D eigenvalue weighted by Crippen LogP contribution is -3.00. The number of ketones is 1. The molecule has 1 aliphatic rings. The van der Waals surface area contributed by atoms with Gasteiger partial charge in [0.1, 0.15) is 23.0 Å². The molecule has 6 heteroatoms. The molecule has 178 valence electrons. The number of hydrogen-bond acceptors (Lipinski definition) is 4. The Bertz CT molecular complexity index is 971. The summed E-state index contributed by atoms with van der Waals surface area (Å²) in [5, 5.41) is 11.6. The fourth-order valence-electron chi connectivity index (χ4n) is 4.10. The van der Waals surface area contributed by atoms with Gasteiger partial charge in [-0.3, -0.25) is 4.79 Å². The second-order valence-electron chi connectivity index (χ2n) is 8.75. The molecule has 33 heavy (non-hydrogen) atoms. The molecule has 0 bridgehead atoms. The van der Waals surface area contributed by atoms with E-state index in [0.717, 1.165) is 40.2 Å². The van der Waals surface area contributed by atoms with Gasteiger partial charge in [-0.15, -0.1) is 0 Å². The molecule has 0 aromatic heterocycles. The Hall–Kier alpha value is -2.16. The number of benzene rings is 2. The lowest BCUT2D eigenvalue weighted by Gasteiger charge is -2.46. The first-order chi connectivity index (χ1) is 15.3. The number of halogens is 1. The van der Waals surface area contributed by atoms with E-state index < -0.39 is 11.5 Å². The topological polar surface area (TPSA) is 55.8 Å². The molecular formula is C27H34INO4. The van der Waals surface area contributed by atoms with E-state index >= 15 is 0 Å². The summed E-state index contributed by atoms with van der Waals surface area (Å²) in [4.78, 5) is 13.3. The van der Waals surface area contributed by atoms with Gasteiger partial charge in [-0.1, -0.05) is 42.5 Å². The minimum Gasteiger partial charge on any atom is -1.00 e. The molecule has 3 unspecified atom stereocenters. The molecule has 0 saturated carbocycles. The highest BCUT2D eigenvalue weighted by Gasteiger charge is 2.48. The van der Waals surface area contributed by atoms with Gasteiger partial charge in [0.25, 0.3) is 0 Å². The summed E-state index contributed by atoms with van der Waals surface area (Å²) in [6.45, 7) is 4.48. The van der Waals surface area contributed by atoms with Crippen LogP contribution in [-0.2, 0) is 4.79 Å². The predicted molar refractivity (Wildman–Crippen MR) is 129 cm³/mol. The number of hydrogen-bond donors (Lipinski definition) is 1. The Labute approximate surface area is 214 Å². The van der Waals surface area contributed by atoms with Gasteiger partial charge < -0.3 is 43.0 Å². The summed E-state index contributed by atoms with van der Waals surface area (Å²) in [6, 6.07) is 15.2. The zero-order valence-corrected chi connectivity index (χ0v) is 22.0. The van der Waals surface area contributed by atoms with E-state index in [4.69, 9.17) is 9.47 Å². The number of carbonyl (C=O) groups is 1. The lowest BCUT2D eigenvalue weighted by molar-refractivity contribution is -0.916. The molecular weight excluding hydrogens is 529 g/mol. The molecule has 1 aliphatic heterocycles. The summed E-state index contributed by atoms with van der Waals surface area (Å²) in [5.41, 5.74) is 0.686. The normalized spacial score (nSPS) is 25.1. The number of aliphatic hydroxyl groups is 1. The van der Waals surface area contributed by atoms with Crippen LogP contribution in [0.15, 0.2) is 60.7 Å². The number of likely N-dealkylation sites (tertiary alicyclic amines) is 1. The van der Waals surface area contributed by atoms with Gasteiger partial charge in [0.2, 0.25) is 0 Å². The third-order valence-corrected chi connectivity index (χ3v) is 6.62. The van der Waals surface area contributed by atoms with Crippen molar-refractivity contribution in [3.63, 3.8) is 0 Å². The highest BCUT2D eigenvalue weighted by Crippen LogP contribution is 2.34. The van der Waals surface area contributed by atoms with Crippen LogP contribution in [0.1, 0.15) is 24.5 Å². The fourth-order valence-corrected chi connectivity index (χ4v) is 4.10. The van der Waals surface area contributed by atoms with Crippen molar-refractivity contribution in [2.45, 2.75) is 18.9 Å². The van der Waals surface area contributed by atoms with Gasteiger partial charge in [-0.2, -0.15) is 0 Å². The van der Waals surface area contributed by atoms with E-state index in [-0.39, 0.29) is 29.8 Å². The second-order valence-corrected chi connectivity index (χ2v) is 8.75. The van der Waals surface area contributed by atoms with Gasteiger partial charge >= 0.3 is 0 Å². The van der Waals surface area contributed by atoms with E-state index in [1.807, 2.05) is 54.6 Å². The summed E-state index contributed by atoms with van der Waals surface area (Å²) in [7, 11) is 5.41. The van der Waals surface area contributed by atoms with Crippen molar-refractivity contribution in [2.75, 3.05) is 40.9 Å². The molecule has 1 saturated heterocycles. The SMILES string of the molecule is CC[N+]1(C)CCC(O)(/C=C/c2ccc(OC)cc2)C(C(=O)/C=C/c2ccc(OC)cc2)C1.[I-]. The van der Waals surface area contributed by atoms with Crippen LogP contribution in [0.4, 0.5) is 0 Å². The molecule has 0 spiro atoms. The minimum absolute atomic E-state index is 0. The van der Waals surface area contributed by atoms with Gasteiger partial charge in [0, 0.05) is 6.42 Å². The molecule has 3 atom stereocenters. The maximum Gasteiger partial charge on any atom is 0.167 e. The van der Waals surface area contributed by atoms with Crippen LogP contribution >= 0.6 is 0 Å². The molecule has 0 aliphatic carbocycles. The predicted octanol–water partition coefficient (Wildman–Crippen LogP) is 1.22. The van der Waals surface area contributed by atoms with Crippen molar-refractivity contribution >= 4 is 17.9 Å². The zero-order chi connectivity index (χ0) is 23.2. The van der Waals surface area contributed by atoms with Crippen LogP contribution in [0.2, 0.25) is 0 Å². The number of allylic oxidation sites excluding steroid dienone is 1. The number of piperidine rings is 1. The van der Waals surface area contributed by atoms with Crippen molar-refractivity contribution in [3.8, 4) is 11.5 Å². The van der Waals surface area contributed by atoms with E-state index in [2.05, 4.69) is 14.0 Å². The third kappa shape index (κ3) is 6.91. The number of quaternary nitrogens is 1. The van der Waals surface area contributed by atoms with E-state index in [1.165, 1.54) is 0 Å². The molecule has 1 heterocycles. The first-order valence-electron chi connectivity index (χ1n) is 11.1. The summed E-state index contributed by atoms with van der Waals surface area (Å²) < 4.78 is 11.2. The van der Waals surface area contributed by atoms with Gasteiger partial charge in [0.05, 0.1) is 40.9 Å². The summed E-state index contributed by atoms with van der Waals surface area (Å²) >= 11 is 0. The fraction of sp³-hybridized carbons (Fsp3) is 0.370. The lowest BCUT2D eigenvalue weighted by atomic mass is 9.76. The molecule has 1 N–H and O–H groups in total. The van der Waals surface area contributed by atoms with E-state index in [9.17, 15) is 9.90 Å². The van der Waals surface area contributed by atoms with Crippen LogP contribution in [0.25, 0.3) is 12.2 Å². The molecule has 3 rings (SSSR count). The van der Waals surface area contributed by atoms with Crippen molar-refractivity contribution in [1.82, 2.24) is 0 Å². The summed E-state index contributed by atoms with van der Waals surface area (Å²) in [5.74, 6) is 0.992. The monoisotopic (exact) mass is 563 g/mol. The number of rotatable bonds is 8. The maximum absolute atomic E-state index is 13.3. The van der Waals surface area contributed by atoms with Crippen molar-refractivity contribution < 1.29 is 47.8 Å². The van der Waals surface area contributed by atoms with E-state index in [1.54, 1.807) is 32.4 Å². The van der Waals surface area contributed by atoms with Gasteiger partial charge in [0.15, 0.2) is 5.78 Å². The number of ether oxygens (including phenoxy) is 2. The maximum atomic E-state index is 13.3. The third-order valence-electron chi connectivity index (χ3n) is 6.62. The van der Waals surface area contributed by atoms with Crippen LogP contribution < -0.4 is 33.5 Å². The molecule has 0 amide bonds. The van der Waals surface area contributed by atoms with Crippen LogP contribution in [0.3, 0.4) is 0 Å². The molecule has 1 fully saturated rings. The Balaban J connectivity index is 0.00000385. The average molecular weight is 563 g/mol.